The van der Waals surface area contributed by atoms with Gasteiger partial charge in [0.25, 0.3) is 0 Å². The van der Waals surface area contributed by atoms with Crippen LogP contribution in [0.15, 0.2) is 20.2 Å². The molecule has 1 heterocycles. The van der Waals surface area contributed by atoms with Gasteiger partial charge >= 0.3 is 0 Å². The first-order chi connectivity index (χ1) is 4.04. The molecule has 0 aromatic rings. The molecule has 0 radical (unpaired) electrons. The Kier molecular flexibility index (Phi) is 1.24. The third-order valence-corrected chi connectivity index (χ3v) is 3.26. The molecular weight excluding hydrogens is 132 g/mol. The second kappa shape index (κ2) is 1.70. The smallest absolute Gasteiger partial charge is 0.0705 e. The van der Waals surface area contributed by atoms with Crippen molar-refractivity contribution < 1.29 is 0 Å². The molecule has 0 spiro atoms. The molecule has 0 unspecified atom stereocenters. The SMILES string of the molecule is C=S1(=C)N=NC(C)=C1C. The van der Waals surface area contributed by atoms with E-state index in [0.717, 1.165) is 10.6 Å². The summed E-state index contributed by atoms with van der Waals surface area (Å²) in [5.74, 6) is 7.71. The van der Waals surface area contributed by atoms with E-state index >= 15 is 0 Å². The Labute approximate surface area is 55.9 Å². The minimum atomic E-state index is -1.34. The lowest BCUT2D eigenvalue weighted by Crippen LogP contribution is -1.71. The number of hydrogen-bond donors (Lipinski definition) is 0. The Morgan fingerprint density at radius 1 is 1.33 bits per heavy atom. The van der Waals surface area contributed by atoms with E-state index in [1.54, 1.807) is 0 Å². The topological polar surface area (TPSA) is 24.7 Å². The first-order valence-corrected chi connectivity index (χ1v) is 4.57. The van der Waals surface area contributed by atoms with Gasteiger partial charge in [0.2, 0.25) is 0 Å². The molecule has 0 amide bonds. The van der Waals surface area contributed by atoms with E-state index in [1.165, 1.54) is 0 Å². The van der Waals surface area contributed by atoms with Crippen LogP contribution in [0.4, 0.5) is 0 Å². The van der Waals surface area contributed by atoms with Gasteiger partial charge in [-0.3, -0.25) is 0 Å². The van der Waals surface area contributed by atoms with E-state index in [0.29, 0.717) is 0 Å². The van der Waals surface area contributed by atoms with E-state index in [-0.39, 0.29) is 0 Å². The zero-order valence-corrected chi connectivity index (χ0v) is 6.53. The third-order valence-electron chi connectivity index (χ3n) is 1.43. The number of nitrogens with zero attached hydrogens (tertiary/aromatic N) is 2. The Bertz CT molecular complexity index is 280. The van der Waals surface area contributed by atoms with Crippen molar-refractivity contribution in [3.63, 3.8) is 0 Å². The van der Waals surface area contributed by atoms with E-state index in [9.17, 15) is 0 Å². The maximum Gasteiger partial charge on any atom is 0.0705 e. The molecule has 1 rings (SSSR count). The van der Waals surface area contributed by atoms with E-state index in [4.69, 9.17) is 0 Å². The first kappa shape index (κ1) is 6.55. The van der Waals surface area contributed by atoms with Gasteiger partial charge in [0, 0.05) is 4.91 Å². The van der Waals surface area contributed by atoms with Crippen molar-refractivity contribution >= 4 is 21.1 Å². The van der Waals surface area contributed by atoms with Crippen LogP contribution in [0.5, 0.6) is 0 Å². The molecule has 1 aliphatic heterocycles. The Morgan fingerprint density at radius 2 is 1.89 bits per heavy atom. The highest BCUT2D eigenvalue weighted by Crippen LogP contribution is 2.40. The van der Waals surface area contributed by atoms with Crippen molar-refractivity contribution in [3.05, 3.63) is 10.6 Å². The standard InChI is InChI=1S/C6H10N2S/c1-5-6(2)9(3,4)8-7-5/h3-4H2,1-2H3. The lowest BCUT2D eigenvalue weighted by molar-refractivity contribution is 1.20. The second-order valence-corrected chi connectivity index (χ2v) is 4.63. The monoisotopic (exact) mass is 142 g/mol. The van der Waals surface area contributed by atoms with Crippen LogP contribution in [0.25, 0.3) is 0 Å². The highest BCUT2D eigenvalue weighted by molar-refractivity contribution is 8.29. The van der Waals surface area contributed by atoms with Gasteiger partial charge < -0.3 is 0 Å². The van der Waals surface area contributed by atoms with Crippen molar-refractivity contribution in [1.29, 1.82) is 0 Å². The third kappa shape index (κ3) is 0.920. The Morgan fingerprint density at radius 3 is 2.00 bits per heavy atom. The van der Waals surface area contributed by atoms with Crippen molar-refractivity contribution in [2.45, 2.75) is 13.8 Å². The Hall–Kier alpha value is -0.570. The molecule has 50 valence electrons. The lowest BCUT2D eigenvalue weighted by atomic mass is 10.5. The Balaban J connectivity index is 3.34. The fourth-order valence-electron chi connectivity index (χ4n) is 0.546. The molecule has 0 aromatic heterocycles. The predicted molar refractivity (Wildman–Crippen MR) is 45.1 cm³/mol. The van der Waals surface area contributed by atoms with Gasteiger partial charge in [-0.15, -0.1) is 9.63 Å². The second-order valence-electron chi connectivity index (χ2n) is 2.17. The molecule has 0 N–H and O–H groups in total. The summed E-state index contributed by atoms with van der Waals surface area (Å²) in [5.41, 5.74) is 0.981. The number of rotatable bonds is 0. The molecule has 3 heteroatoms. The summed E-state index contributed by atoms with van der Waals surface area (Å²) in [7, 11) is -1.34. The van der Waals surface area contributed by atoms with Gasteiger partial charge in [0.05, 0.1) is 5.70 Å². The molecule has 9 heavy (non-hydrogen) atoms. The molecule has 0 atom stereocenters. The van der Waals surface area contributed by atoms with E-state index in [1.807, 2.05) is 13.8 Å². The van der Waals surface area contributed by atoms with Crippen molar-refractivity contribution in [2.75, 3.05) is 0 Å². The summed E-state index contributed by atoms with van der Waals surface area (Å²) in [6.07, 6.45) is 0. The summed E-state index contributed by atoms with van der Waals surface area (Å²) in [4.78, 5) is 1.14. The largest absolute Gasteiger partial charge is 0.148 e. The average molecular weight is 142 g/mol. The minimum Gasteiger partial charge on any atom is -0.148 e. The molecule has 0 saturated heterocycles. The first-order valence-electron chi connectivity index (χ1n) is 2.64. The van der Waals surface area contributed by atoms with Crippen LogP contribution >= 0.6 is 9.39 Å². The summed E-state index contributed by atoms with van der Waals surface area (Å²) in [5, 5.41) is 3.89. The highest BCUT2D eigenvalue weighted by Gasteiger charge is 2.07. The van der Waals surface area contributed by atoms with Gasteiger partial charge in [0.1, 0.15) is 0 Å². The van der Waals surface area contributed by atoms with Crippen LogP contribution in [0.3, 0.4) is 0 Å². The zero-order chi connectivity index (χ0) is 7.07. The molecular formula is C6H10N2S. The van der Waals surface area contributed by atoms with E-state index < -0.39 is 9.39 Å². The fraction of sp³-hybridized carbons (Fsp3) is 0.333. The van der Waals surface area contributed by atoms with Crippen LogP contribution in [0.2, 0.25) is 0 Å². The van der Waals surface area contributed by atoms with Crippen LogP contribution in [-0.2, 0) is 0 Å². The van der Waals surface area contributed by atoms with Crippen molar-refractivity contribution in [1.82, 2.24) is 0 Å². The molecule has 1 aliphatic rings. The normalized spacial score (nSPS) is 23.3. The van der Waals surface area contributed by atoms with Gasteiger partial charge in [0.15, 0.2) is 0 Å². The predicted octanol–water partition coefficient (Wildman–Crippen LogP) is 2.29. The average Bonchev–Trinajstić information content (AvgIpc) is 1.97. The molecule has 0 bridgehead atoms. The van der Waals surface area contributed by atoms with Crippen LogP contribution in [-0.4, -0.2) is 11.7 Å². The summed E-state index contributed by atoms with van der Waals surface area (Å²) < 4.78 is 3.94. The summed E-state index contributed by atoms with van der Waals surface area (Å²) in [6, 6.07) is 0. The van der Waals surface area contributed by atoms with Crippen molar-refractivity contribution in [2.24, 2.45) is 9.63 Å². The zero-order valence-electron chi connectivity index (χ0n) is 5.72. The van der Waals surface area contributed by atoms with Gasteiger partial charge in [-0.25, -0.2) is 0 Å². The van der Waals surface area contributed by atoms with Gasteiger partial charge in [-0.1, -0.05) is 21.1 Å². The molecule has 0 saturated carbocycles. The highest BCUT2D eigenvalue weighted by atomic mass is 32.2. The number of allylic oxidation sites excluding steroid dienone is 2. The summed E-state index contributed by atoms with van der Waals surface area (Å²) in [6.45, 7) is 3.93. The maximum absolute atomic E-state index is 3.94. The molecule has 2 nitrogen and oxygen atoms in total. The maximum atomic E-state index is 3.94. The number of hydrogen-bond acceptors (Lipinski definition) is 2. The fourth-order valence-corrected chi connectivity index (χ4v) is 1.54. The summed E-state index contributed by atoms with van der Waals surface area (Å²) >= 11 is 0. The van der Waals surface area contributed by atoms with Crippen molar-refractivity contribution in [3.8, 4) is 0 Å². The lowest BCUT2D eigenvalue weighted by Gasteiger charge is -1.98. The van der Waals surface area contributed by atoms with Crippen LogP contribution < -0.4 is 0 Å². The molecule has 0 aromatic carbocycles. The van der Waals surface area contributed by atoms with E-state index in [2.05, 4.69) is 21.4 Å². The van der Waals surface area contributed by atoms with Crippen LogP contribution in [0, 0.1) is 0 Å². The minimum absolute atomic E-state index is 0.981. The molecule has 0 aliphatic carbocycles. The molecule has 0 fully saturated rings. The van der Waals surface area contributed by atoms with Gasteiger partial charge in [-0.05, 0) is 13.8 Å². The van der Waals surface area contributed by atoms with Gasteiger partial charge in [-0.2, -0.15) is 0 Å². The quantitative estimate of drug-likeness (QED) is 0.464. The van der Waals surface area contributed by atoms with Crippen LogP contribution in [0.1, 0.15) is 13.8 Å².